The second-order valence-electron chi connectivity index (χ2n) is 5.81. The molecule has 0 aliphatic rings. The number of hydrogen-bond donors (Lipinski definition) is 0. The van der Waals surface area contributed by atoms with E-state index in [1.54, 1.807) is 20.8 Å². The number of fused-ring (bicyclic) bond motifs is 1. The molecular formula is C21H22N2O4. The monoisotopic (exact) mass is 366 g/mol. The summed E-state index contributed by atoms with van der Waals surface area (Å²) in [6, 6.07) is 13.6. The van der Waals surface area contributed by atoms with E-state index in [1.165, 1.54) is 0 Å². The summed E-state index contributed by atoms with van der Waals surface area (Å²) < 4.78 is 10.1. The minimum Gasteiger partial charge on any atom is -0.463 e. The second-order valence-corrected chi connectivity index (χ2v) is 5.81. The third kappa shape index (κ3) is 4.68. The summed E-state index contributed by atoms with van der Waals surface area (Å²) in [6.07, 6.45) is 0.227. The van der Waals surface area contributed by atoms with Crippen LogP contribution in [0.15, 0.2) is 53.6 Å². The van der Waals surface area contributed by atoms with E-state index >= 15 is 0 Å². The molecule has 6 nitrogen and oxygen atoms in total. The maximum Gasteiger partial charge on any atom is 0.421 e. The van der Waals surface area contributed by atoms with Crippen molar-refractivity contribution in [3.05, 3.63) is 64.7 Å². The largest absolute Gasteiger partial charge is 0.463 e. The molecule has 0 amide bonds. The lowest BCUT2D eigenvalue weighted by Crippen LogP contribution is -2.24. The molecule has 0 saturated carbocycles. The van der Waals surface area contributed by atoms with Crippen molar-refractivity contribution in [2.45, 2.75) is 27.2 Å². The molecule has 0 fully saturated rings. The van der Waals surface area contributed by atoms with E-state index in [1.807, 2.05) is 42.5 Å². The molecule has 0 aromatic heterocycles. The normalized spacial score (nSPS) is 11.4. The van der Waals surface area contributed by atoms with Gasteiger partial charge in [-0.15, -0.1) is 0 Å². The molecule has 140 valence electrons. The molecule has 0 atom stereocenters. The molecule has 0 bridgehead atoms. The molecule has 2 aromatic rings. The fourth-order valence-corrected chi connectivity index (χ4v) is 2.82. The van der Waals surface area contributed by atoms with E-state index in [4.69, 9.17) is 9.47 Å². The highest BCUT2D eigenvalue weighted by molar-refractivity contribution is 6.41. The van der Waals surface area contributed by atoms with Crippen molar-refractivity contribution in [2.75, 3.05) is 13.2 Å². The zero-order valence-corrected chi connectivity index (χ0v) is 15.7. The van der Waals surface area contributed by atoms with Crippen LogP contribution in [0.5, 0.6) is 0 Å². The van der Waals surface area contributed by atoms with Gasteiger partial charge in [-0.05, 0) is 37.1 Å². The summed E-state index contributed by atoms with van der Waals surface area (Å²) in [5, 5.41) is 2.03. The molecule has 2 rings (SSSR count). The summed E-state index contributed by atoms with van der Waals surface area (Å²) in [6.45, 7) is 5.21. The van der Waals surface area contributed by atoms with Crippen LogP contribution in [0.3, 0.4) is 0 Å². The van der Waals surface area contributed by atoms with Crippen LogP contribution in [0.1, 0.15) is 26.3 Å². The zero-order chi connectivity index (χ0) is 19.8. The summed E-state index contributed by atoms with van der Waals surface area (Å²) in [5.41, 5.74) is 10.4. The van der Waals surface area contributed by atoms with Crippen LogP contribution in [-0.2, 0) is 25.5 Å². The molecule has 0 radical (unpaired) electrons. The van der Waals surface area contributed by atoms with Gasteiger partial charge in [0, 0.05) is 6.42 Å². The first kappa shape index (κ1) is 20.1. The van der Waals surface area contributed by atoms with Crippen LogP contribution in [-0.4, -0.2) is 35.7 Å². The Labute approximate surface area is 158 Å². The molecule has 0 spiro atoms. The summed E-state index contributed by atoms with van der Waals surface area (Å²) in [5.74, 6) is -1.36. The number of esters is 2. The van der Waals surface area contributed by atoms with Gasteiger partial charge in [-0.1, -0.05) is 42.5 Å². The first-order valence-electron chi connectivity index (χ1n) is 8.76. The van der Waals surface area contributed by atoms with Gasteiger partial charge in [0.15, 0.2) is 0 Å². The van der Waals surface area contributed by atoms with Gasteiger partial charge in [0.1, 0.15) is 0 Å². The van der Waals surface area contributed by atoms with Gasteiger partial charge in [0.2, 0.25) is 0 Å². The SMILES string of the molecule is CCOC(=O)C(=[N+]=[N-])/C(C)=C(\Cc1cccc2ccccc12)C(=O)OCC. The quantitative estimate of drug-likeness (QED) is 0.247. The van der Waals surface area contributed by atoms with Gasteiger partial charge in [0.05, 0.1) is 24.4 Å². The molecule has 2 aromatic carbocycles. The first-order chi connectivity index (χ1) is 13.0. The molecular weight excluding hydrogens is 344 g/mol. The average molecular weight is 366 g/mol. The van der Waals surface area contributed by atoms with Crippen molar-refractivity contribution in [3.63, 3.8) is 0 Å². The molecule has 0 heterocycles. The van der Waals surface area contributed by atoms with E-state index < -0.39 is 11.9 Å². The van der Waals surface area contributed by atoms with E-state index in [0.29, 0.717) is 0 Å². The van der Waals surface area contributed by atoms with Gasteiger partial charge < -0.3 is 15.0 Å². The number of ether oxygens (including phenoxy) is 2. The Balaban J connectivity index is 2.56. The minimum atomic E-state index is -0.794. The van der Waals surface area contributed by atoms with Gasteiger partial charge in [-0.3, -0.25) is 0 Å². The molecule has 27 heavy (non-hydrogen) atoms. The van der Waals surface area contributed by atoms with Crippen molar-refractivity contribution >= 4 is 28.4 Å². The van der Waals surface area contributed by atoms with Gasteiger partial charge in [0.25, 0.3) is 0 Å². The summed E-state index contributed by atoms with van der Waals surface area (Å²) >= 11 is 0. The highest BCUT2D eigenvalue weighted by Crippen LogP contribution is 2.23. The van der Waals surface area contributed by atoms with Gasteiger partial charge in [-0.25, -0.2) is 9.59 Å². The third-order valence-electron chi connectivity index (χ3n) is 4.15. The Morgan fingerprint density at radius 3 is 2.26 bits per heavy atom. The van der Waals surface area contributed by atoms with E-state index in [2.05, 4.69) is 4.79 Å². The smallest absolute Gasteiger partial charge is 0.421 e. The molecule has 0 N–H and O–H groups in total. The Bertz CT molecular complexity index is 935. The molecule has 0 saturated heterocycles. The fraction of sp³-hybridized carbons (Fsp3) is 0.286. The zero-order valence-electron chi connectivity index (χ0n) is 15.7. The Morgan fingerprint density at radius 2 is 1.59 bits per heavy atom. The topological polar surface area (TPSA) is 89.0 Å². The number of nitrogens with zero attached hydrogens (tertiary/aromatic N) is 2. The van der Waals surface area contributed by atoms with Crippen LogP contribution in [0.25, 0.3) is 16.3 Å². The van der Waals surface area contributed by atoms with Crippen LogP contribution in [0.4, 0.5) is 0 Å². The third-order valence-corrected chi connectivity index (χ3v) is 4.15. The minimum absolute atomic E-state index is 0.128. The molecule has 0 unspecified atom stereocenters. The number of benzene rings is 2. The summed E-state index contributed by atoms with van der Waals surface area (Å²) in [7, 11) is 0. The second kappa shape index (κ2) is 9.46. The lowest BCUT2D eigenvalue weighted by Gasteiger charge is -2.11. The highest BCUT2D eigenvalue weighted by atomic mass is 16.5. The van der Waals surface area contributed by atoms with Gasteiger partial charge >= 0.3 is 17.7 Å². The van der Waals surface area contributed by atoms with Crippen LogP contribution in [0, 0.1) is 0 Å². The van der Waals surface area contributed by atoms with Crippen LogP contribution in [0.2, 0.25) is 0 Å². The standard InChI is InChI=1S/C21H22N2O4/c1-4-26-20(24)18(14(3)19(23-22)21(25)27-5-2)13-16-11-8-10-15-9-6-7-12-17(15)16/h6-12H,4-5,13H2,1-3H3/b18-14+. The highest BCUT2D eigenvalue weighted by Gasteiger charge is 2.30. The Hall–Kier alpha value is -3.24. The predicted octanol–water partition coefficient (Wildman–Crippen LogP) is 3.50. The Morgan fingerprint density at radius 1 is 0.963 bits per heavy atom. The average Bonchev–Trinajstić information content (AvgIpc) is 2.67. The maximum absolute atomic E-state index is 12.6. The van der Waals surface area contributed by atoms with Crippen molar-refractivity contribution in [1.82, 2.24) is 0 Å². The van der Waals surface area contributed by atoms with E-state index in [0.717, 1.165) is 16.3 Å². The Kier molecular flexibility index (Phi) is 7.03. The lowest BCUT2D eigenvalue weighted by molar-refractivity contribution is -0.139. The first-order valence-corrected chi connectivity index (χ1v) is 8.76. The fourth-order valence-electron chi connectivity index (χ4n) is 2.82. The maximum atomic E-state index is 12.6. The molecule has 6 heteroatoms. The lowest BCUT2D eigenvalue weighted by atomic mass is 9.94. The molecule has 0 aliphatic heterocycles. The number of rotatable bonds is 7. The van der Waals surface area contributed by atoms with E-state index in [9.17, 15) is 15.1 Å². The predicted molar refractivity (Wildman–Crippen MR) is 102 cm³/mol. The number of carbonyl (C=O) groups excluding carboxylic acids is 2. The van der Waals surface area contributed by atoms with Gasteiger partial charge in [-0.2, -0.15) is 4.79 Å². The van der Waals surface area contributed by atoms with Crippen molar-refractivity contribution in [1.29, 1.82) is 0 Å². The molecule has 0 aliphatic carbocycles. The van der Waals surface area contributed by atoms with Crippen molar-refractivity contribution in [3.8, 4) is 0 Å². The van der Waals surface area contributed by atoms with Crippen molar-refractivity contribution in [2.24, 2.45) is 0 Å². The van der Waals surface area contributed by atoms with Crippen LogP contribution < -0.4 is 0 Å². The van der Waals surface area contributed by atoms with E-state index in [-0.39, 0.29) is 36.5 Å². The van der Waals surface area contributed by atoms with Crippen molar-refractivity contribution < 1.29 is 23.9 Å². The number of carbonyl (C=O) groups is 2. The number of hydrogen-bond acceptors (Lipinski definition) is 4. The summed E-state index contributed by atoms with van der Waals surface area (Å²) in [4.78, 5) is 27.7. The van der Waals surface area contributed by atoms with Crippen LogP contribution >= 0.6 is 0 Å².